The zero-order chi connectivity index (χ0) is 9.76. The third kappa shape index (κ3) is 1.17. The van der Waals surface area contributed by atoms with Crippen molar-refractivity contribution in [2.24, 2.45) is 5.73 Å². The number of H-pyrrole nitrogens is 1. The molecule has 0 aliphatic heterocycles. The predicted octanol–water partition coefficient (Wildman–Crippen LogP) is 2.12. The highest BCUT2D eigenvalue weighted by Gasteiger charge is 2.40. The summed E-state index contributed by atoms with van der Waals surface area (Å²) in [5.74, 6) is 0. The molecule has 0 amide bonds. The second kappa shape index (κ2) is 2.70. The Bertz CT molecular complexity index is 499. The van der Waals surface area contributed by atoms with Gasteiger partial charge in [0.25, 0.3) is 0 Å². The highest BCUT2D eigenvalue weighted by Crippen LogP contribution is 2.43. The van der Waals surface area contributed by atoms with Crippen LogP contribution in [0.15, 0.2) is 18.5 Å². The molecule has 1 fully saturated rings. The average molecular weight is 299 g/mol. The summed E-state index contributed by atoms with van der Waals surface area (Å²) in [5, 5.41) is 1.18. The largest absolute Gasteiger partial charge is 0.345 e. The zero-order valence-electron chi connectivity index (χ0n) is 7.55. The summed E-state index contributed by atoms with van der Waals surface area (Å²) in [6, 6.07) is 2.16. The Morgan fingerprint density at radius 3 is 3.00 bits per heavy atom. The van der Waals surface area contributed by atoms with E-state index < -0.39 is 0 Å². The van der Waals surface area contributed by atoms with E-state index in [0.29, 0.717) is 0 Å². The second-order valence-electron chi connectivity index (χ2n) is 3.91. The molecule has 0 radical (unpaired) electrons. The number of hydrogen-bond donors (Lipinski definition) is 2. The van der Waals surface area contributed by atoms with Gasteiger partial charge in [-0.2, -0.15) is 0 Å². The molecule has 0 bridgehead atoms. The number of rotatable bonds is 1. The van der Waals surface area contributed by atoms with E-state index in [2.05, 4.69) is 38.6 Å². The van der Waals surface area contributed by atoms with Gasteiger partial charge in [-0.25, -0.2) is 4.98 Å². The minimum Gasteiger partial charge on any atom is -0.345 e. The van der Waals surface area contributed by atoms with Gasteiger partial charge in [0.15, 0.2) is 0 Å². The molecule has 0 atom stereocenters. The van der Waals surface area contributed by atoms with Crippen molar-refractivity contribution in [3.05, 3.63) is 27.6 Å². The maximum atomic E-state index is 6.13. The van der Waals surface area contributed by atoms with Crippen molar-refractivity contribution >= 4 is 33.6 Å². The Kier molecular flexibility index (Phi) is 1.67. The first-order valence-corrected chi connectivity index (χ1v) is 5.69. The van der Waals surface area contributed by atoms with Crippen LogP contribution in [0.3, 0.4) is 0 Å². The summed E-state index contributed by atoms with van der Waals surface area (Å²) in [5.41, 5.74) is 8.16. The number of aromatic amines is 1. The Morgan fingerprint density at radius 2 is 2.29 bits per heavy atom. The normalized spacial score (nSPS) is 18.7. The molecule has 3 rings (SSSR count). The van der Waals surface area contributed by atoms with Gasteiger partial charge < -0.3 is 10.7 Å². The molecule has 1 saturated carbocycles. The number of halogens is 1. The summed E-state index contributed by atoms with van der Waals surface area (Å²) < 4.78 is 1.20. The summed E-state index contributed by atoms with van der Waals surface area (Å²) in [4.78, 5) is 7.50. The summed E-state index contributed by atoms with van der Waals surface area (Å²) in [6.07, 6.45) is 6.03. The van der Waals surface area contributed by atoms with Crippen LogP contribution in [0.1, 0.15) is 18.4 Å². The molecule has 2 aromatic heterocycles. The van der Waals surface area contributed by atoms with Crippen LogP contribution in [-0.4, -0.2) is 9.97 Å². The Morgan fingerprint density at radius 1 is 1.50 bits per heavy atom. The molecule has 0 spiro atoms. The maximum Gasteiger partial charge on any atom is 0.138 e. The van der Waals surface area contributed by atoms with Gasteiger partial charge >= 0.3 is 0 Å². The minimum absolute atomic E-state index is 0.0818. The lowest BCUT2D eigenvalue weighted by Crippen LogP contribution is -2.18. The lowest BCUT2D eigenvalue weighted by atomic mass is 10.1. The van der Waals surface area contributed by atoms with Crippen LogP contribution < -0.4 is 5.73 Å². The van der Waals surface area contributed by atoms with Gasteiger partial charge in [0.05, 0.1) is 0 Å². The van der Waals surface area contributed by atoms with Crippen LogP contribution in [0.4, 0.5) is 0 Å². The number of fused-ring (bicyclic) bond motifs is 1. The molecule has 14 heavy (non-hydrogen) atoms. The second-order valence-corrected chi connectivity index (χ2v) is 5.08. The van der Waals surface area contributed by atoms with E-state index in [1.807, 2.05) is 12.4 Å². The predicted molar refractivity (Wildman–Crippen MR) is 63.9 cm³/mol. The fourth-order valence-corrected chi connectivity index (χ4v) is 2.23. The van der Waals surface area contributed by atoms with Gasteiger partial charge in [-0.05, 0) is 47.1 Å². The molecular formula is C10H10IN3. The summed E-state index contributed by atoms with van der Waals surface area (Å²) in [6.45, 7) is 0. The number of nitrogens with zero attached hydrogens (tertiary/aromatic N) is 1. The number of hydrogen-bond acceptors (Lipinski definition) is 2. The van der Waals surface area contributed by atoms with Crippen molar-refractivity contribution in [1.82, 2.24) is 9.97 Å². The first-order valence-electron chi connectivity index (χ1n) is 4.61. The van der Waals surface area contributed by atoms with Gasteiger partial charge in [0.1, 0.15) is 5.65 Å². The number of aromatic nitrogens is 2. The molecule has 1 aliphatic rings. The van der Waals surface area contributed by atoms with Crippen LogP contribution in [-0.2, 0) is 5.54 Å². The van der Waals surface area contributed by atoms with E-state index in [0.717, 1.165) is 18.5 Å². The molecule has 3 N–H and O–H groups in total. The van der Waals surface area contributed by atoms with Crippen LogP contribution in [0, 0.1) is 3.57 Å². The number of nitrogens with two attached hydrogens (primary N) is 1. The Balaban J connectivity index is 2.23. The van der Waals surface area contributed by atoms with Gasteiger partial charge in [-0.15, -0.1) is 0 Å². The lowest BCUT2D eigenvalue weighted by Gasteiger charge is -2.07. The van der Waals surface area contributed by atoms with E-state index in [4.69, 9.17) is 5.73 Å². The van der Waals surface area contributed by atoms with Gasteiger partial charge in [0, 0.05) is 26.9 Å². The van der Waals surface area contributed by atoms with Crippen LogP contribution in [0.5, 0.6) is 0 Å². The quantitative estimate of drug-likeness (QED) is 0.792. The van der Waals surface area contributed by atoms with Crippen molar-refractivity contribution in [1.29, 1.82) is 0 Å². The van der Waals surface area contributed by atoms with Crippen molar-refractivity contribution in [3.63, 3.8) is 0 Å². The molecule has 0 aromatic carbocycles. The molecular weight excluding hydrogens is 289 g/mol. The lowest BCUT2D eigenvalue weighted by molar-refractivity contribution is 0.737. The molecule has 0 unspecified atom stereocenters. The fraction of sp³-hybridized carbons (Fsp3) is 0.300. The number of pyridine rings is 1. The Labute approximate surface area is 95.2 Å². The molecule has 2 heterocycles. The van der Waals surface area contributed by atoms with Crippen molar-refractivity contribution in [2.75, 3.05) is 0 Å². The number of nitrogens with one attached hydrogen (secondary N) is 1. The molecule has 4 heteroatoms. The van der Waals surface area contributed by atoms with E-state index in [1.54, 1.807) is 0 Å². The molecule has 1 aliphatic carbocycles. The van der Waals surface area contributed by atoms with Crippen molar-refractivity contribution < 1.29 is 0 Å². The first-order chi connectivity index (χ1) is 6.69. The molecule has 3 nitrogen and oxygen atoms in total. The van der Waals surface area contributed by atoms with Crippen LogP contribution in [0.2, 0.25) is 0 Å². The highest BCUT2D eigenvalue weighted by molar-refractivity contribution is 14.1. The topological polar surface area (TPSA) is 54.7 Å². The first kappa shape index (κ1) is 8.67. The smallest absolute Gasteiger partial charge is 0.138 e. The minimum atomic E-state index is -0.0818. The summed E-state index contributed by atoms with van der Waals surface area (Å²) >= 11 is 2.31. The molecule has 2 aromatic rings. The third-order valence-electron chi connectivity index (χ3n) is 2.84. The molecule has 72 valence electrons. The van der Waals surface area contributed by atoms with Crippen LogP contribution in [0.25, 0.3) is 11.0 Å². The van der Waals surface area contributed by atoms with Gasteiger partial charge in [-0.3, -0.25) is 0 Å². The van der Waals surface area contributed by atoms with Gasteiger partial charge in [0.2, 0.25) is 0 Å². The third-order valence-corrected chi connectivity index (χ3v) is 3.74. The summed E-state index contributed by atoms with van der Waals surface area (Å²) in [7, 11) is 0. The fourth-order valence-electron chi connectivity index (χ4n) is 1.67. The maximum absolute atomic E-state index is 6.13. The van der Waals surface area contributed by atoms with Gasteiger partial charge in [-0.1, -0.05) is 0 Å². The van der Waals surface area contributed by atoms with E-state index in [1.165, 1.54) is 14.5 Å². The standard InChI is InChI=1S/C10H10IN3/c11-8-5-14-9-7(8)3-6(4-13-9)10(12)1-2-10/h3-5H,1-2,12H2,(H,13,14). The zero-order valence-corrected chi connectivity index (χ0v) is 9.71. The Hall–Kier alpha value is -0.620. The SMILES string of the molecule is NC1(c2cnc3[nH]cc(I)c3c2)CC1. The van der Waals surface area contributed by atoms with E-state index >= 15 is 0 Å². The van der Waals surface area contributed by atoms with Crippen molar-refractivity contribution in [2.45, 2.75) is 18.4 Å². The van der Waals surface area contributed by atoms with E-state index in [-0.39, 0.29) is 5.54 Å². The van der Waals surface area contributed by atoms with E-state index in [9.17, 15) is 0 Å². The van der Waals surface area contributed by atoms with Crippen molar-refractivity contribution in [3.8, 4) is 0 Å². The monoisotopic (exact) mass is 299 g/mol. The highest BCUT2D eigenvalue weighted by atomic mass is 127. The van der Waals surface area contributed by atoms with Crippen LogP contribution >= 0.6 is 22.6 Å². The molecule has 0 saturated heterocycles. The average Bonchev–Trinajstić information content (AvgIpc) is 2.84.